The quantitative estimate of drug-likeness (QED) is 0.774. The van der Waals surface area contributed by atoms with Gasteiger partial charge in [-0.3, -0.25) is 14.5 Å². The molecular formula is C12H16N2O2S. The predicted molar refractivity (Wildman–Crippen MR) is 67.7 cm³/mol. The molecule has 0 bridgehead atoms. The van der Waals surface area contributed by atoms with Crippen LogP contribution in [0.4, 0.5) is 5.13 Å². The minimum Gasteiger partial charge on any atom is -0.294 e. The summed E-state index contributed by atoms with van der Waals surface area (Å²) >= 11 is 1.33. The molecule has 1 aromatic rings. The molecule has 1 aliphatic rings. The zero-order valence-electron chi connectivity index (χ0n) is 10.3. The number of hydrogen-bond donors (Lipinski definition) is 0. The first-order chi connectivity index (χ1) is 8.04. The van der Waals surface area contributed by atoms with E-state index in [1.54, 1.807) is 4.90 Å². The smallest absolute Gasteiger partial charge is 0.228 e. The van der Waals surface area contributed by atoms with Crippen molar-refractivity contribution in [2.75, 3.05) is 4.90 Å². The van der Waals surface area contributed by atoms with Crippen molar-refractivity contribution in [2.45, 2.75) is 46.1 Å². The van der Waals surface area contributed by atoms with E-state index in [0.717, 1.165) is 18.5 Å². The molecule has 0 N–H and O–H groups in total. The van der Waals surface area contributed by atoms with Crippen molar-refractivity contribution < 1.29 is 9.59 Å². The van der Waals surface area contributed by atoms with Gasteiger partial charge in [-0.1, -0.05) is 18.3 Å². The number of ketones is 1. The number of amides is 1. The number of hydrogen-bond acceptors (Lipinski definition) is 4. The average Bonchev–Trinajstić information content (AvgIpc) is 3.02. The number of Topliss-reactive ketones (excluding diaryl/α,β-unsaturated/α-hetero) is 1. The van der Waals surface area contributed by atoms with Crippen LogP contribution in [0.25, 0.3) is 0 Å². The minimum atomic E-state index is 0.0194. The summed E-state index contributed by atoms with van der Waals surface area (Å²) in [6.07, 6.45) is 2.56. The topological polar surface area (TPSA) is 50.3 Å². The van der Waals surface area contributed by atoms with Gasteiger partial charge in [-0.05, 0) is 19.8 Å². The van der Waals surface area contributed by atoms with Crippen LogP contribution in [0.5, 0.6) is 0 Å². The van der Waals surface area contributed by atoms with Crippen LogP contribution < -0.4 is 4.90 Å². The van der Waals surface area contributed by atoms with Gasteiger partial charge in [0.1, 0.15) is 0 Å². The number of aromatic nitrogens is 1. The van der Waals surface area contributed by atoms with Crippen LogP contribution in [0.3, 0.4) is 0 Å². The molecule has 0 aromatic carbocycles. The van der Waals surface area contributed by atoms with E-state index in [0.29, 0.717) is 22.5 Å². The SMILES string of the molecule is CCC(=O)N(c1nc(C)c(C(C)=O)s1)C1CC1. The highest BCUT2D eigenvalue weighted by Crippen LogP contribution is 2.35. The van der Waals surface area contributed by atoms with E-state index >= 15 is 0 Å². The monoisotopic (exact) mass is 252 g/mol. The Morgan fingerprint density at radius 3 is 2.53 bits per heavy atom. The van der Waals surface area contributed by atoms with Crippen LogP contribution in [0.1, 0.15) is 48.5 Å². The summed E-state index contributed by atoms with van der Waals surface area (Å²) in [7, 11) is 0. The molecule has 0 atom stereocenters. The first-order valence-electron chi connectivity index (χ1n) is 5.85. The lowest BCUT2D eigenvalue weighted by Crippen LogP contribution is -2.32. The normalized spacial score (nSPS) is 14.8. The lowest BCUT2D eigenvalue weighted by molar-refractivity contribution is -0.118. The maximum absolute atomic E-state index is 11.9. The number of aryl methyl sites for hydroxylation is 1. The van der Waals surface area contributed by atoms with E-state index in [1.165, 1.54) is 18.3 Å². The molecule has 1 fully saturated rings. The van der Waals surface area contributed by atoms with Gasteiger partial charge in [0.05, 0.1) is 10.6 Å². The Morgan fingerprint density at radius 2 is 2.12 bits per heavy atom. The predicted octanol–water partition coefficient (Wildman–Crippen LogP) is 2.56. The molecule has 0 aliphatic heterocycles. The molecule has 0 spiro atoms. The Kier molecular flexibility index (Phi) is 3.28. The fourth-order valence-electron chi connectivity index (χ4n) is 1.78. The summed E-state index contributed by atoms with van der Waals surface area (Å²) in [5, 5.41) is 0.682. The first kappa shape index (κ1) is 12.2. The average molecular weight is 252 g/mol. The maximum Gasteiger partial charge on any atom is 0.228 e. The summed E-state index contributed by atoms with van der Waals surface area (Å²) in [5.41, 5.74) is 0.729. The van der Waals surface area contributed by atoms with Gasteiger partial charge in [-0.25, -0.2) is 4.98 Å². The van der Waals surface area contributed by atoms with E-state index in [2.05, 4.69) is 4.98 Å². The number of anilines is 1. The van der Waals surface area contributed by atoms with Gasteiger partial charge in [0.2, 0.25) is 5.91 Å². The second-order valence-corrected chi connectivity index (χ2v) is 5.29. The molecule has 1 amide bonds. The Labute approximate surface area is 105 Å². The van der Waals surface area contributed by atoms with Crippen molar-refractivity contribution in [3.63, 3.8) is 0 Å². The molecule has 0 unspecified atom stereocenters. The van der Waals surface area contributed by atoms with Crippen molar-refractivity contribution in [3.05, 3.63) is 10.6 Å². The van der Waals surface area contributed by atoms with Gasteiger partial charge in [0, 0.05) is 19.4 Å². The number of nitrogens with zero attached hydrogens (tertiary/aromatic N) is 2. The van der Waals surface area contributed by atoms with Crippen LogP contribution in [0.2, 0.25) is 0 Å². The second-order valence-electron chi connectivity index (χ2n) is 4.32. The van der Waals surface area contributed by atoms with Crippen molar-refractivity contribution in [2.24, 2.45) is 0 Å². The van der Waals surface area contributed by atoms with Gasteiger partial charge in [-0.2, -0.15) is 0 Å². The van der Waals surface area contributed by atoms with E-state index in [4.69, 9.17) is 0 Å². The number of rotatable bonds is 4. The lowest BCUT2D eigenvalue weighted by atomic mass is 10.3. The lowest BCUT2D eigenvalue weighted by Gasteiger charge is -2.18. The summed E-state index contributed by atoms with van der Waals surface area (Å²) in [6.45, 7) is 5.20. The molecule has 1 saturated carbocycles. The Balaban J connectivity index is 2.33. The highest BCUT2D eigenvalue weighted by molar-refractivity contribution is 7.17. The maximum atomic E-state index is 11.9. The third kappa shape index (κ3) is 2.39. The van der Waals surface area contributed by atoms with Crippen LogP contribution in [0.15, 0.2) is 0 Å². The third-order valence-electron chi connectivity index (χ3n) is 2.79. The van der Waals surface area contributed by atoms with Gasteiger partial charge in [0.25, 0.3) is 0 Å². The van der Waals surface area contributed by atoms with Crippen LogP contribution >= 0.6 is 11.3 Å². The van der Waals surface area contributed by atoms with Crippen LogP contribution in [-0.4, -0.2) is 22.7 Å². The molecular weight excluding hydrogens is 236 g/mol. The van der Waals surface area contributed by atoms with Crippen molar-refractivity contribution in [1.82, 2.24) is 4.98 Å². The number of carbonyl (C=O) groups excluding carboxylic acids is 2. The van der Waals surface area contributed by atoms with Crippen molar-refractivity contribution >= 4 is 28.2 Å². The van der Waals surface area contributed by atoms with Crippen molar-refractivity contribution in [1.29, 1.82) is 0 Å². The standard InChI is InChI=1S/C12H16N2O2S/c1-4-10(16)14(9-5-6-9)12-13-7(2)11(17-12)8(3)15/h9H,4-6H2,1-3H3. The fourth-order valence-corrected chi connectivity index (χ4v) is 2.83. The molecule has 2 rings (SSSR count). The molecule has 92 valence electrons. The van der Waals surface area contributed by atoms with Gasteiger partial charge in [-0.15, -0.1) is 0 Å². The van der Waals surface area contributed by atoms with Crippen molar-refractivity contribution in [3.8, 4) is 0 Å². The first-order valence-corrected chi connectivity index (χ1v) is 6.66. The van der Waals surface area contributed by atoms with E-state index in [1.807, 2.05) is 13.8 Å². The zero-order valence-corrected chi connectivity index (χ0v) is 11.1. The van der Waals surface area contributed by atoms with E-state index < -0.39 is 0 Å². The summed E-state index contributed by atoms with van der Waals surface area (Å²) in [4.78, 5) is 30.1. The highest BCUT2D eigenvalue weighted by atomic mass is 32.1. The molecule has 0 saturated heterocycles. The molecule has 0 radical (unpaired) electrons. The summed E-state index contributed by atoms with van der Waals surface area (Å²) in [6, 6.07) is 0.299. The molecule has 1 aromatic heterocycles. The van der Waals surface area contributed by atoms with Crippen LogP contribution in [-0.2, 0) is 4.79 Å². The summed E-state index contributed by atoms with van der Waals surface area (Å²) < 4.78 is 0. The summed E-state index contributed by atoms with van der Waals surface area (Å²) in [5.74, 6) is 0.113. The molecule has 1 heterocycles. The molecule has 1 aliphatic carbocycles. The van der Waals surface area contributed by atoms with Gasteiger partial charge in [0.15, 0.2) is 10.9 Å². The zero-order chi connectivity index (χ0) is 12.6. The Hall–Kier alpha value is -1.23. The molecule has 4 nitrogen and oxygen atoms in total. The van der Waals surface area contributed by atoms with Gasteiger partial charge < -0.3 is 0 Å². The van der Waals surface area contributed by atoms with Gasteiger partial charge >= 0.3 is 0 Å². The Morgan fingerprint density at radius 1 is 1.47 bits per heavy atom. The third-order valence-corrected chi connectivity index (χ3v) is 4.05. The Bertz CT molecular complexity index is 463. The van der Waals surface area contributed by atoms with E-state index in [9.17, 15) is 9.59 Å². The van der Waals surface area contributed by atoms with Crippen LogP contribution in [0, 0.1) is 6.92 Å². The highest BCUT2D eigenvalue weighted by Gasteiger charge is 2.35. The number of carbonyl (C=O) groups is 2. The van der Waals surface area contributed by atoms with E-state index in [-0.39, 0.29) is 11.7 Å². The largest absolute Gasteiger partial charge is 0.294 e. The molecule has 17 heavy (non-hydrogen) atoms. The number of thiazole rings is 1. The molecule has 5 heteroatoms. The fraction of sp³-hybridized carbons (Fsp3) is 0.583. The minimum absolute atomic E-state index is 0.0194. The second kappa shape index (κ2) is 4.56.